The Hall–Kier alpha value is -8.92. The first-order valence-corrected chi connectivity index (χ1v) is 23.4. The Morgan fingerprint density at radius 1 is 0.294 bits per heavy atom. The Bertz CT molecular complexity index is 4160. The summed E-state index contributed by atoms with van der Waals surface area (Å²) in [5, 5.41) is 6.82. The van der Waals surface area contributed by atoms with E-state index in [9.17, 15) is 0 Å². The molecular formula is C65H39NO2. The fourth-order valence-electron chi connectivity index (χ4n) is 12.0. The Morgan fingerprint density at radius 3 is 1.51 bits per heavy atom. The molecule has 68 heavy (non-hydrogen) atoms. The molecule has 316 valence electrons. The van der Waals surface area contributed by atoms with Gasteiger partial charge in [0.2, 0.25) is 0 Å². The first-order chi connectivity index (χ1) is 33.7. The van der Waals surface area contributed by atoms with Crippen LogP contribution < -0.4 is 4.90 Å². The van der Waals surface area contributed by atoms with E-state index in [1.165, 1.54) is 49.9 Å². The van der Waals surface area contributed by atoms with Crippen LogP contribution >= 0.6 is 0 Å². The lowest BCUT2D eigenvalue weighted by Gasteiger charge is -2.32. The zero-order valence-electron chi connectivity index (χ0n) is 36.8. The number of fused-ring (bicyclic) bond motifs is 17. The molecular weight excluding hydrogens is 827 g/mol. The van der Waals surface area contributed by atoms with Gasteiger partial charge < -0.3 is 13.7 Å². The molecule has 0 radical (unpaired) electrons. The number of nitrogens with zero attached hydrogens (tertiary/aromatic N) is 1. The Balaban J connectivity index is 0.968. The number of para-hydroxylation sites is 4. The average molecular weight is 866 g/mol. The van der Waals surface area contributed by atoms with E-state index in [1.807, 2.05) is 12.1 Å². The molecule has 3 heteroatoms. The van der Waals surface area contributed by atoms with Gasteiger partial charge in [-0.15, -0.1) is 0 Å². The first kappa shape index (κ1) is 37.3. The van der Waals surface area contributed by atoms with Gasteiger partial charge in [-0.05, 0) is 109 Å². The van der Waals surface area contributed by atoms with Crippen molar-refractivity contribution in [3.8, 4) is 44.5 Å². The van der Waals surface area contributed by atoms with Crippen LogP contribution in [-0.4, -0.2) is 0 Å². The molecule has 0 amide bonds. The van der Waals surface area contributed by atoms with E-state index < -0.39 is 5.41 Å². The fourth-order valence-corrected chi connectivity index (χ4v) is 12.0. The van der Waals surface area contributed by atoms with Crippen molar-refractivity contribution < 1.29 is 8.83 Å². The maximum Gasteiger partial charge on any atom is 0.143 e. The minimum Gasteiger partial charge on any atom is -0.455 e. The molecule has 0 saturated carbocycles. The van der Waals surface area contributed by atoms with Crippen molar-refractivity contribution in [2.75, 3.05) is 4.90 Å². The van der Waals surface area contributed by atoms with Gasteiger partial charge >= 0.3 is 0 Å². The molecule has 0 atom stereocenters. The highest BCUT2D eigenvalue weighted by molar-refractivity contribution is 6.14. The molecule has 2 aromatic heterocycles. The average Bonchev–Trinajstić information content (AvgIpc) is 4.14. The summed E-state index contributed by atoms with van der Waals surface area (Å²) in [5.74, 6) is 0. The van der Waals surface area contributed by atoms with Crippen molar-refractivity contribution in [1.29, 1.82) is 0 Å². The zero-order chi connectivity index (χ0) is 44.5. The number of rotatable bonds is 5. The lowest BCUT2D eigenvalue weighted by Crippen LogP contribution is -2.26. The van der Waals surface area contributed by atoms with Crippen LogP contribution in [0.5, 0.6) is 0 Å². The van der Waals surface area contributed by atoms with E-state index in [0.717, 1.165) is 88.6 Å². The molecule has 0 N–H and O–H groups in total. The van der Waals surface area contributed by atoms with Gasteiger partial charge in [0.15, 0.2) is 0 Å². The lowest BCUT2D eigenvalue weighted by molar-refractivity contribution is 0.670. The Morgan fingerprint density at radius 2 is 0.794 bits per heavy atom. The van der Waals surface area contributed by atoms with Crippen LogP contribution in [0.3, 0.4) is 0 Å². The SMILES string of the molecule is c1ccc(N(c2ccc(-c3cccc4c3oc3ccccc34)cc2)c2ccc3c(c2)C2(c4ccccc4-c4ccccc42)c2ccccc2-3)c(-c2cccc3c2oc2cc4ccccc4cc23)c1. The summed E-state index contributed by atoms with van der Waals surface area (Å²) in [6.45, 7) is 0. The number of hydrogen-bond donors (Lipinski definition) is 0. The standard InChI is InChI=1S/C65H39NO2/c1-2-16-42-38-62-55(37-41(42)15-1)54-25-14-23-52(64(54)68-62)50-20-6-11-29-60(50)66(43-33-31-40(32-34-43)45-22-13-24-53-51-21-7-12-30-61(51)67-63(45)53)44-35-36-49-48-19-5-10-28-58(48)65(59(49)39-44)56-26-8-3-17-46(56)47-18-4-9-27-57(47)65/h1-39H. The van der Waals surface area contributed by atoms with E-state index in [0.29, 0.717) is 0 Å². The summed E-state index contributed by atoms with van der Waals surface area (Å²) >= 11 is 0. The largest absolute Gasteiger partial charge is 0.455 e. The molecule has 0 unspecified atom stereocenters. The van der Waals surface area contributed by atoms with E-state index in [4.69, 9.17) is 8.83 Å². The van der Waals surface area contributed by atoms with Crippen LogP contribution in [0.1, 0.15) is 22.3 Å². The third-order valence-corrected chi connectivity index (χ3v) is 14.9. The highest BCUT2D eigenvalue weighted by atomic mass is 16.3. The predicted molar refractivity (Wildman–Crippen MR) is 280 cm³/mol. The number of furan rings is 2. The Kier molecular flexibility index (Phi) is 7.71. The van der Waals surface area contributed by atoms with Gasteiger partial charge in [0.05, 0.1) is 11.1 Å². The number of hydrogen-bond acceptors (Lipinski definition) is 3. The molecule has 2 aliphatic rings. The van der Waals surface area contributed by atoms with Gasteiger partial charge in [0, 0.05) is 49.6 Å². The molecule has 0 bridgehead atoms. The summed E-state index contributed by atoms with van der Waals surface area (Å²) in [6, 6.07) is 86.3. The highest BCUT2D eigenvalue weighted by Gasteiger charge is 2.51. The predicted octanol–water partition coefficient (Wildman–Crippen LogP) is 17.8. The molecule has 11 aromatic carbocycles. The number of anilines is 3. The molecule has 15 rings (SSSR count). The minimum absolute atomic E-state index is 0.487. The van der Waals surface area contributed by atoms with E-state index in [-0.39, 0.29) is 0 Å². The van der Waals surface area contributed by atoms with Gasteiger partial charge in [0.25, 0.3) is 0 Å². The second kappa shape index (κ2) is 14.0. The van der Waals surface area contributed by atoms with E-state index in [1.54, 1.807) is 0 Å². The van der Waals surface area contributed by atoms with Crippen LogP contribution in [0.2, 0.25) is 0 Å². The minimum atomic E-state index is -0.487. The summed E-state index contributed by atoms with van der Waals surface area (Å²) < 4.78 is 13.5. The molecule has 2 aliphatic carbocycles. The molecule has 0 aliphatic heterocycles. The van der Waals surface area contributed by atoms with Crippen LogP contribution in [0.4, 0.5) is 17.1 Å². The maximum absolute atomic E-state index is 6.91. The fraction of sp³-hybridized carbons (Fsp3) is 0.0154. The van der Waals surface area contributed by atoms with E-state index in [2.05, 4.69) is 229 Å². The first-order valence-electron chi connectivity index (χ1n) is 23.4. The number of benzene rings is 11. The molecule has 0 fully saturated rings. The lowest BCUT2D eigenvalue weighted by atomic mass is 9.70. The van der Waals surface area contributed by atoms with Crippen molar-refractivity contribution in [2.24, 2.45) is 0 Å². The molecule has 2 heterocycles. The monoisotopic (exact) mass is 865 g/mol. The van der Waals surface area contributed by atoms with Gasteiger partial charge in [-0.2, -0.15) is 0 Å². The second-order valence-electron chi connectivity index (χ2n) is 18.3. The molecule has 1 spiro atoms. The maximum atomic E-state index is 6.91. The third kappa shape index (κ3) is 5.07. The van der Waals surface area contributed by atoms with Crippen molar-refractivity contribution in [2.45, 2.75) is 5.41 Å². The second-order valence-corrected chi connectivity index (χ2v) is 18.3. The van der Waals surface area contributed by atoms with Crippen LogP contribution in [0, 0.1) is 0 Å². The van der Waals surface area contributed by atoms with E-state index >= 15 is 0 Å². The zero-order valence-corrected chi connectivity index (χ0v) is 36.8. The summed E-state index contributed by atoms with van der Waals surface area (Å²) in [6.07, 6.45) is 0. The molecule has 13 aromatic rings. The molecule has 3 nitrogen and oxygen atoms in total. The van der Waals surface area contributed by atoms with Crippen LogP contribution in [0.15, 0.2) is 245 Å². The van der Waals surface area contributed by atoms with Gasteiger partial charge in [-0.3, -0.25) is 0 Å². The highest BCUT2D eigenvalue weighted by Crippen LogP contribution is 2.63. The summed E-state index contributed by atoms with van der Waals surface area (Å²) in [5.41, 5.74) is 20.9. The molecule has 0 saturated heterocycles. The van der Waals surface area contributed by atoms with Crippen molar-refractivity contribution in [3.63, 3.8) is 0 Å². The summed E-state index contributed by atoms with van der Waals surface area (Å²) in [4.78, 5) is 2.44. The van der Waals surface area contributed by atoms with Crippen molar-refractivity contribution >= 4 is 71.7 Å². The van der Waals surface area contributed by atoms with Crippen LogP contribution in [-0.2, 0) is 5.41 Å². The normalized spacial score (nSPS) is 13.1. The van der Waals surface area contributed by atoms with Gasteiger partial charge in [-0.1, -0.05) is 188 Å². The summed E-state index contributed by atoms with van der Waals surface area (Å²) in [7, 11) is 0. The Labute approximate surface area is 392 Å². The quantitative estimate of drug-likeness (QED) is 0.173. The van der Waals surface area contributed by atoms with Gasteiger partial charge in [0.1, 0.15) is 22.3 Å². The third-order valence-electron chi connectivity index (χ3n) is 14.9. The van der Waals surface area contributed by atoms with Crippen molar-refractivity contribution in [3.05, 3.63) is 259 Å². The van der Waals surface area contributed by atoms with Gasteiger partial charge in [-0.25, -0.2) is 0 Å². The van der Waals surface area contributed by atoms with Crippen molar-refractivity contribution in [1.82, 2.24) is 0 Å². The topological polar surface area (TPSA) is 29.5 Å². The smallest absolute Gasteiger partial charge is 0.143 e. The van der Waals surface area contributed by atoms with Crippen LogP contribution in [0.25, 0.3) is 99.2 Å².